The molecule has 130 valence electrons. The maximum atomic E-state index is 12.3. The highest BCUT2D eigenvalue weighted by atomic mass is 16.5. The van der Waals surface area contributed by atoms with Crippen molar-refractivity contribution in [1.29, 1.82) is 0 Å². The van der Waals surface area contributed by atoms with Crippen LogP contribution in [0.4, 0.5) is 0 Å². The molecule has 0 aliphatic carbocycles. The summed E-state index contributed by atoms with van der Waals surface area (Å²) in [6.07, 6.45) is 0. The van der Waals surface area contributed by atoms with E-state index in [0.717, 1.165) is 5.39 Å². The number of ether oxygens (including phenoxy) is 2. The largest absolute Gasteiger partial charge is 0.497 e. The summed E-state index contributed by atoms with van der Waals surface area (Å²) in [6.45, 7) is 0. The van der Waals surface area contributed by atoms with Crippen molar-refractivity contribution in [1.82, 2.24) is 10.1 Å². The molecule has 0 unspecified atom stereocenters. The predicted molar refractivity (Wildman–Crippen MR) is 94.3 cm³/mol. The summed E-state index contributed by atoms with van der Waals surface area (Å²) in [6, 6.07) is 14.1. The fourth-order valence-corrected chi connectivity index (χ4v) is 2.64. The third kappa shape index (κ3) is 2.69. The lowest BCUT2D eigenvalue weighted by atomic mass is 10.1. The molecule has 7 heteroatoms. The van der Waals surface area contributed by atoms with Gasteiger partial charge in [0, 0.05) is 11.5 Å². The van der Waals surface area contributed by atoms with Crippen LogP contribution in [0.2, 0.25) is 0 Å². The summed E-state index contributed by atoms with van der Waals surface area (Å²) >= 11 is 0. The summed E-state index contributed by atoms with van der Waals surface area (Å²) in [4.78, 5) is 16.6. The maximum Gasteiger partial charge on any atom is 0.349 e. The van der Waals surface area contributed by atoms with Gasteiger partial charge in [0.15, 0.2) is 0 Å². The monoisotopic (exact) mass is 350 g/mol. The fraction of sp³-hybridized carbons (Fsp3) is 0.105. The fourth-order valence-electron chi connectivity index (χ4n) is 2.64. The number of fused-ring (bicyclic) bond motifs is 1. The molecular weight excluding hydrogens is 336 g/mol. The van der Waals surface area contributed by atoms with Gasteiger partial charge in [-0.15, -0.1) is 0 Å². The second-order valence-corrected chi connectivity index (χ2v) is 5.47. The van der Waals surface area contributed by atoms with Crippen LogP contribution in [0.25, 0.3) is 33.8 Å². The molecule has 0 fully saturated rings. The average Bonchev–Trinajstić information content (AvgIpc) is 3.16. The Morgan fingerprint density at radius 3 is 2.62 bits per heavy atom. The van der Waals surface area contributed by atoms with Gasteiger partial charge < -0.3 is 18.4 Å². The molecule has 4 rings (SSSR count). The highest BCUT2D eigenvalue weighted by molar-refractivity contribution is 5.80. The molecule has 0 N–H and O–H groups in total. The molecule has 2 heterocycles. The van der Waals surface area contributed by atoms with E-state index < -0.39 is 5.63 Å². The van der Waals surface area contributed by atoms with E-state index in [-0.39, 0.29) is 11.5 Å². The Bertz CT molecular complexity index is 1150. The van der Waals surface area contributed by atoms with Crippen molar-refractivity contribution in [2.45, 2.75) is 0 Å². The molecular formula is C19H14N2O5. The Balaban J connectivity index is 1.80. The minimum atomic E-state index is -0.541. The van der Waals surface area contributed by atoms with Gasteiger partial charge in [0.25, 0.3) is 5.89 Å². The lowest BCUT2D eigenvalue weighted by Crippen LogP contribution is -2.02. The first kappa shape index (κ1) is 15.9. The van der Waals surface area contributed by atoms with Crippen LogP contribution in [0, 0.1) is 0 Å². The molecule has 0 bridgehead atoms. The summed E-state index contributed by atoms with van der Waals surface area (Å²) in [5, 5.41) is 4.73. The van der Waals surface area contributed by atoms with Crippen LogP contribution in [-0.4, -0.2) is 24.4 Å². The predicted octanol–water partition coefficient (Wildman–Crippen LogP) is 3.53. The lowest BCUT2D eigenvalue weighted by molar-refractivity contribution is 0.394. The first-order chi connectivity index (χ1) is 12.7. The van der Waals surface area contributed by atoms with E-state index in [1.54, 1.807) is 43.5 Å². The van der Waals surface area contributed by atoms with Crippen LogP contribution in [0.15, 0.2) is 62.3 Å². The van der Waals surface area contributed by atoms with Gasteiger partial charge in [0.05, 0.1) is 19.8 Å². The molecule has 26 heavy (non-hydrogen) atoms. The van der Waals surface area contributed by atoms with Crippen LogP contribution in [0.5, 0.6) is 11.5 Å². The highest BCUT2D eigenvalue weighted by Gasteiger charge is 2.18. The molecule has 0 aliphatic heterocycles. The molecule has 4 aromatic rings. The number of hydrogen-bond donors (Lipinski definition) is 0. The van der Waals surface area contributed by atoms with Crippen molar-refractivity contribution >= 4 is 11.0 Å². The van der Waals surface area contributed by atoms with Crippen LogP contribution in [-0.2, 0) is 0 Å². The Labute approximate surface area is 147 Å². The van der Waals surface area contributed by atoms with Gasteiger partial charge in [-0.1, -0.05) is 23.4 Å². The van der Waals surface area contributed by atoms with Crippen LogP contribution >= 0.6 is 0 Å². The van der Waals surface area contributed by atoms with Gasteiger partial charge in [-0.25, -0.2) is 4.79 Å². The van der Waals surface area contributed by atoms with E-state index >= 15 is 0 Å². The Hall–Kier alpha value is -3.61. The van der Waals surface area contributed by atoms with E-state index in [2.05, 4.69) is 10.1 Å². The van der Waals surface area contributed by atoms with Crippen LogP contribution < -0.4 is 15.1 Å². The van der Waals surface area contributed by atoms with Crippen molar-refractivity contribution < 1.29 is 18.4 Å². The first-order valence-corrected chi connectivity index (χ1v) is 7.79. The van der Waals surface area contributed by atoms with Gasteiger partial charge in [-0.2, -0.15) is 4.98 Å². The molecule has 0 saturated heterocycles. The molecule has 0 spiro atoms. The number of hydrogen-bond acceptors (Lipinski definition) is 7. The normalized spacial score (nSPS) is 10.8. The van der Waals surface area contributed by atoms with Crippen molar-refractivity contribution in [2.75, 3.05) is 14.2 Å². The second-order valence-electron chi connectivity index (χ2n) is 5.47. The molecule has 2 aromatic carbocycles. The summed E-state index contributed by atoms with van der Waals surface area (Å²) in [5.74, 6) is 1.55. The zero-order valence-corrected chi connectivity index (χ0v) is 14.1. The average molecular weight is 350 g/mol. The summed E-state index contributed by atoms with van der Waals surface area (Å²) in [5.41, 5.74) is 0.779. The minimum absolute atomic E-state index is 0.0809. The number of aromatic nitrogens is 2. The smallest absolute Gasteiger partial charge is 0.349 e. The van der Waals surface area contributed by atoms with Crippen molar-refractivity contribution in [2.24, 2.45) is 0 Å². The highest BCUT2D eigenvalue weighted by Crippen LogP contribution is 2.32. The standard InChI is InChI=1S/C19H14N2O5/c1-23-12-7-8-13(16(10-12)24-2)17-20-18(26-21-17)14-9-11-5-3-4-6-15(11)25-19(14)22/h3-10H,1-2H3. The Kier molecular flexibility index (Phi) is 3.89. The number of nitrogens with zero attached hydrogens (tertiary/aromatic N) is 2. The minimum Gasteiger partial charge on any atom is -0.497 e. The number of benzene rings is 2. The topological polar surface area (TPSA) is 87.6 Å². The number of rotatable bonds is 4. The van der Waals surface area contributed by atoms with Gasteiger partial charge in [-0.3, -0.25) is 0 Å². The Morgan fingerprint density at radius 1 is 0.962 bits per heavy atom. The SMILES string of the molecule is COc1ccc(-c2noc(-c3cc4ccccc4oc3=O)n2)c(OC)c1. The van der Waals surface area contributed by atoms with Gasteiger partial charge in [0.2, 0.25) is 5.82 Å². The van der Waals surface area contributed by atoms with E-state index in [1.807, 2.05) is 12.1 Å². The lowest BCUT2D eigenvalue weighted by Gasteiger charge is -2.07. The van der Waals surface area contributed by atoms with Gasteiger partial charge in [0.1, 0.15) is 22.6 Å². The molecule has 0 radical (unpaired) electrons. The molecule has 0 aliphatic rings. The van der Waals surface area contributed by atoms with Crippen LogP contribution in [0.1, 0.15) is 0 Å². The molecule has 0 atom stereocenters. The molecule has 0 amide bonds. The van der Waals surface area contributed by atoms with Crippen LogP contribution in [0.3, 0.4) is 0 Å². The van der Waals surface area contributed by atoms with E-state index in [0.29, 0.717) is 28.5 Å². The molecule has 7 nitrogen and oxygen atoms in total. The molecule has 2 aromatic heterocycles. The summed E-state index contributed by atoms with van der Waals surface area (Å²) < 4.78 is 21.1. The zero-order valence-electron chi connectivity index (χ0n) is 14.1. The second kappa shape index (κ2) is 6.36. The summed E-state index contributed by atoms with van der Waals surface area (Å²) in [7, 11) is 3.11. The third-order valence-corrected chi connectivity index (χ3v) is 3.95. The van der Waals surface area contributed by atoms with Gasteiger partial charge in [-0.05, 0) is 24.3 Å². The quantitative estimate of drug-likeness (QED) is 0.520. The van der Waals surface area contributed by atoms with Crippen molar-refractivity contribution in [3.63, 3.8) is 0 Å². The maximum absolute atomic E-state index is 12.3. The Morgan fingerprint density at radius 2 is 1.81 bits per heavy atom. The zero-order chi connectivity index (χ0) is 18.1. The van der Waals surface area contributed by atoms with Gasteiger partial charge >= 0.3 is 5.63 Å². The third-order valence-electron chi connectivity index (χ3n) is 3.95. The van der Waals surface area contributed by atoms with E-state index in [1.165, 1.54) is 7.11 Å². The number of methoxy groups -OCH3 is 2. The number of para-hydroxylation sites is 1. The van der Waals surface area contributed by atoms with Crippen molar-refractivity contribution in [3.05, 3.63) is 59.0 Å². The first-order valence-electron chi connectivity index (χ1n) is 7.79. The van der Waals surface area contributed by atoms with E-state index in [9.17, 15) is 4.79 Å². The molecule has 0 saturated carbocycles. The van der Waals surface area contributed by atoms with Crippen molar-refractivity contribution in [3.8, 4) is 34.3 Å². The van der Waals surface area contributed by atoms with E-state index in [4.69, 9.17) is 18.4 Å².